The zero-order chi connectivity index (χ0) is 15.4. The lowest BCUT2D eigenvalue weighted by atomic mass is 9.85. The summed E-state index contributed by atoms with van der Waals surface area (Å²) in [5.74, 6) is 1.29. The van der Waals surface area contributed by atoms with Gasteiger partial charge in [0.15, 0.2) is 0 Å². The van der Waals surface area contributed by atoms with E-state index in [4.69, 9.17) is 10.5 Å². The Morgan fingerprint density at radius 2 is 1.86 bits per heavy atom. The number of nitrogens with two attached hydrogens (primary N) is 1. The second-order valence-electron chi connectivity index (χ2n) is 6.22. The van der Waals surface area contributed by atoms with Gasteiger partial charge >= 0.3 is 0 Å². The smallest absolute Gasteiger partial charge is 0.119 e. The lowest BCUT2D eigenvalue weighted by molar-refractivity contribution is 0.414. The number of fused-ring (bicyclic) bond motifs is 1. The van der Waals surface area contributed by atoms with Gasteiger partial charge in [0.25, 0.3) is 0 Å². The van der Waals surface area contributed by atoms with Gasteiger partial charge in [-0.15, -0.1) is 0 Å². The van der Waals surface area contributed by atoms with E-state index >= 15 is 0 Å². The molecule has 0 spiro atoms. The first-order valence-electron chi connectivity index (χ1n) is 8.25. The Morgan fingerprint density at radius 3 is 2.64 bits per heavy atom. The van der Waals surface area contributed by atoms with Crippen LogP contribution in [0.15, 0.2) is 42.5 Å². The second kappa shape index (κ2) is 6.97. The molecule has 0 aliphatic heterocycles. The summed E-state index contributed by atoms with van der Waals surface area (Å²) in [6, 6.07) is 15.3. The van der Waals surface area contributed by atoms with Crippen molar-refractivity contribution in [2.45, 2.75) is 38.0 Å². The highest BCUT2D eigenvalue weighted by Gasteiger charge is 2.15. The van der Waals surface area contributed by atoms with Gasteiger partial charge < -0.3 is 10.5 Å². The lowest BCUT2D eigenvalue weighted by Gasteiger charge is -2.21. The van der Waals surface area contributed by atoms with E-state index in [1.807, 2.05) is 6.07 Å². The first kappa shape index (κ1) is 15.1. The molecule has 2 N–H and O–H groups in total. The molecule has 2 aromatic rings. The zero-order valence-corrected chi connectivity index (χ0v) is 13.3. The van der Waals surface area contributed by atoms with Crippen LogP contribution in [0, 0.1) is 0 Å². The fraction of sp³-hybridized carbons (Fsp3) is 0.400. The molecule has 0 heterocycles. The summed E-state index contributed by atoms with van der Waals surface area (Å²) in [5, 5.41) is 0. The number of hydrogen-bond donors (Lipinski definition) is 1. The van der Waals surface area contributed by atoms with Gasteiger partial charge in [-0.1, -0.05) is 30.3 Å². The zero-order valence-electron chi connectivity index (χ0n) is 13.3. The van der Waals surface area contributed by atoms with E-state index in [1.54, 1.807) is 7.11 Å². The lowest BCUT2D eigenvalue weighted by Crippen LogP contribution is -2.16. The minimum atomic E-state index is 0.374. The summed E-state index contributed by atoms with van der Waals surface area (Å²) < 4.78 is 5.32. The van der Waals surface area contributed by atoms with Crippen LogP contribution >= 0.6 is 0 Å². The third-order valence-electron chi connectivity index (χ3n) is 4.74. The van der Waals surface area contributed by atoms with Crippen molar-refractivity contribution in [2.75, 3.05) is 13.7 Å². The summed E-state index contributed by atoms with van der Waals surface area (Å²) in [6.45, 7) is 0.677. The topological polar surface area (TPSA) is 35.2 Å². The highest BCUT2D eigenvalue weighted by atomic mass is 16.5. The van der Waals surface area contributed by atoms with Gasteiger partial charge in [-0.2, -0.15) is 0 Å². The number of benzene rings is 2. The molecule has 1 unspecified atom stereocenters. The third kappa shape index (κ3) is 3.33. The average molecular weight is 295 g/mol. The molecular formula is C20H25NO. The minimum absolute atomic E-state index is 0.374. The van der Waals surface area contributed by atoms with Gasteiger partial charge in [0.2, 0.25) is 0 Å². The van der Waals surface area contributed by atoms with Crippen LogP contribution in [0.1, 0.15) is 41.0 Å². The maximum absolute atomic E-state index is 6.07. The van der Waals surface area contributed by atoms with Gasteiger partial charge in [-0.05, 0) is 73.0 Å². The molecule has 2 nitrogen and oxygen atoms in total. The maximum atomic E-state index is 6.07. The molecule has 0 saturated heterocycles. The molecule has 0 bridgehead atoms. The number of hydrogen-bond acceptors (Lipinski definition) is 2. The van der Waals surface area contributed by atoms with Gasteiger partial charge in [-0.3, -0.25) is 0 Å². The Labute approximate surface area is 133 Å². The van der Waals surface area contributed by atoms with Crippen molar-refractivity contribution in [1.29, 1.82) is 0 Å². The number of rotatable bonds is 5. The second-order valence-corrected chi connectivity index (χ2v) is 6.22. The van der Waals surface area contributed by atoms with Crippen LogP contribution in [0.3, 0.4) is 0 Å². The van der Waals surface area contributed by atoms with E-state index in [1.165, 1.54) is 47.9 Å². The number of methoxy groups -OCH3 is 1. The van der Waals surface area contributed by atoms with E-state index in [0.29, 0.717) is 12.5 Å². The highest BCUT2D eigenvalue weighted by molar-refractivity contribution is 5.37. The Balaban J connectivity index is 1.81. The number of ether oxygens (including phenoxy) is 1. The monoisotopic (exact) mass is 295 g/mol. The van der Waals surface area contributed by atoms with Crippen LogP contribution in [0.4, 0.5) is 0 Å². The first-order chi connectivity index (χ1) is 10.8. The standard InChI is InChI=1S/C20H25NO/c1-22-20-8-4-5-15(12-20)11-19(14-21)18-10-9-16-6-2-3-7-17(16)13-18/h4-5,8-10,12-13,19H,2-3,6-7,11,14,21H2,1H3. The Kier molecular flexibility index (Phi) is 4.79. The quantitative estimate of drug-likeness (QED) is 0.909. The fourth-order valence-corrected chi connectivity index (χ4v) is 3.43. The van der Waals surface area contributed by atoms with E-state index < -0.39 is 0 Å². The SMILES string of the molecule is COc1cccc(CC(CN)c2ccc3c(c2)CCCC3)c1. The fourth-order valence-electron chi connectivity index (χ4n) is 3.43. The van der Waals surface area contributed by atoms with Gasteiger partial charge in [0.1, 0.15) is 5.75 Å². The summed E-state index contributed by atoms with van der Waals surface area (Å²) in [6.07, 6.45) is 6.07. The van der Waals surface area contributed by atoms with Crippen LogP contribution in [0.2, 0.25) is 0 Å². The maximum Gasteiger partial charge on any atom is 0.119 e. The molecule has 2 heteroatoms. The van der Waals surface area contributed by atoms with Crippen molar-refractivity contribution in [3.63, 3.8) is 0 Å². The van der Waals surface area contributed by atoms with E-state index in [9.17, 15) is 0 Å². The summed E-state index contributed by atoms with van der Waals surface area (Å²) in [5.41, 5.74) is 11.8. The van der Waals surface area contributed by atoms with E-state index in [2.05, 4.69) is 36.4 Å². The Bertz CT molecular complexity index is 635. The normalized spacial score (nSPS) is 15.2. The van der Waals surface area contributed by atoms with Crippen LogP contribution in [0.25, 0.3) is 0 Å². The van der Waals surface area contributed by atoms with Crippen LogP contribution in [-0.4, -0.2) is 13.7 Å². The van der Waals surface area contributed by atoms with Crippen molar-refractivity contribution in [2.24, 2.45) is 5.73 Å². The van der Waals surface area contributed by atoms with E-state index in [-0.39, 0.29) is 0 Å². The molecule has 1 atom stereocenters. The summed E-state index contributed by atoms with van der Waals surface area (Å²) >= 11 is 0. The van der Waals surface area contributed by atoms with Crippen molar-refractivity contribution < 1.29 is 4.74 Å². The van der Waals surface area contributed by atoms with Gasteiger partial charge in [0, 0.05) is 5.92 Å². The molecule has 0 aromatic heterocycles. The Morgan fingerprint density at radius 1 is 1.05 bits per heavy atom. The predicted molar refractivity (Wildman–Crippen MR) is 91.6 cm³/mol. The first-order valence-corrected chi connectivity index (χ1v) is 8.25. The Hall–Kier alpha value is -1.80. The van der Waals surface area contributed by atoms with Crippen molar-refractivity contribution in [3.05, 3.63) is 64.7 Å². The summed E-state index contributed by atoms with van der Waals surface area (Å²) in [4.78, 5) is 0. The molecule has 0 radical (unpaired) electrons. The summed E-state index contributed by atoms with van der Waals surface area (Å²) in [7, 11) is 1.71. The number of aryl methyl sites for hydroxylation is 2. The molecular weight excluding hydrogens is 270 g/mol. The molecule has 116 valence electrons. The van der Waals surface area contributed by atoms with Crippen molar-refractivity contribution in [1.82, 2.24) is 0 Å². The molecule has 3 rings (SSSR count). The molecule has 1 aliphatic carbocycles. The van der Waals surface area contributed by atoms with Crippen molar-refractivity contribution in [3.8, 4) is 5.75 Å². The molecule has 1 aliphatic rings. The molecule has 0 saturated carbocycles. The van der Waals surface area contributed by atoms with Crippen LogP contribution in [-0.2, 0) is 19.3 Å². The predicted octanol–water partition coefficient (Wildman–Crippen LogP) is 3.86. The third-order valence-corrected chi connectivity index (χ3v) is 4.74. The minimum Gasteiger partial charge on any atom is -0.497 e. The van der Waals surface area contributed by atoms with Crippen LogP contribution < -0.4 is 10.5 Å². The molecule has 22 heavy (non-hydrogen) atoms. The highest BCUT2D eigenvalue weighted by Crippen LogP contribution is 2.27. The molecule has 0 amide bonds. The van der Waals surface area contributed by atoms with E-state index in [0.717, 1.165) is 12.2 Å². The van der Waals surface area contributed by atoms with Crippen molar-refractivity contribution >= 4 is 0 Å². The average Bonchev–Trinajstić information content (AvgIpc) is 2.59. The largest absolute Gasteiger partial charge is 0.497 e. The van der Waals surface area contributed by atoms with Crippen LogP contribution in [0.5, 0.6) is 5.75 Å². The molecule has 0 fully saturated rings. The van der Waals surface area contributed by atoms with Gasteiger partial charge in [-0.25, -0.2) is 0 Å². The molecule has 2 aromatic carbocycles. The van der Waals surface area contributed by atoms with Gasteiger partial charge in [0.05, 0.1) is 7.11 Å².